The molecule has 140 valence electrons. The van der Waals surface area contributed by atoms with E-state index in [9.17, 15) is 18.0 Å². The average Bonchev–Trinajstić information content (AvgIpc) is 3.05. The van der Waals surface area contributed by atoms with E-state index in [0.717, 1.165) is 12.1 Å². The third-order valence-electron chi connectivity index (χ3n) is 3.37. The summed E-state index contributed by atoms with van der Waals surface area (Å²) >= 11 is 12.0. The molecule has 1 aromatic heterocycles. The highest BCUT2D eigenvalue weighted by Gasteiger charge is 2.31. The number of ether oxygens (including phenoxy) is 1. The predicted molar refractivity (Wildman–Crippen MR) is 95.2 cm³/mol. The molecule has 0 saturated heterocycles. The fourth-order valence-electron chi connectivity index (χ4n) is 2.23. The number of anilines is 1. The van der Waals surface area contributed by atoms with Crippen molar-refractivity contribution in [1.82, 2.24) is 0 Å². The van der Waals surface area contributed by atoms with Gasteiger partial charge in [0.05, 0.1) is 5.02 Å². The standard InChI is InChI=1S/C18H10Cl2F3NO3/c19-10-1-6-13(14(20)9-10)15-7-8-16(26-15)17(25)24-11-2-4-12(5-3-11)27-18(21,22)23/h1-9H,(H,24,25). The summed E-state index contributed by atoms with van der Waals surface area (Å²) in [4.78, 5) is 12.2. The largest absolute Gasteiger partial charge is 0.573 e. The highest BCUT2D eigenvalue weighted by molar-refractivity contribution is 6.36. The first-order valence-corrected chi connectivity index (χ1v) is 8.19. The third-order valence-corrected chi connectivity index (χ3v) is 3.92. The first kappa shape index (κ1) is 19.1. The van der Waals surface area contributed by atoms with Crippen LogP contribution in [0.1, 0.15) is 10.6 Å². The smallest absolute Gasteiger partial charge is 0.451 e. The zero-order valence-corrected chi connectivity index (χ0v) is 14.8. The van der Waals surface area contributed by atoms with Crippen LogP contribution in [0.25, 0.3) is 11.3 Å². The summed E-state index contributed by atoms with van der Waals surface area (Å²) < 4.78 is 45.7. The molecule has 4 nitrogen and oxygen atoms in total. The number of alkyl halides is 3. The van der Waals surface area contributed by atoms with Gasteiger partial charge in [0.1, 0.15) is 11.5 Å². The Morgan fingerprint density at radius 1 is 1.00 bits per heavy atom. The number of nitrogens with one attached hydrogen (secondary N) is 1. The lowest BCUT2D eigenvalue weighted by molar-refractivity contribution is -0.274. The summed E-state index contributed by atoms with van der Waals surface area (Å²) in [7, 11) is 0. The van der Waals surface area contributed by atoms with Crippen molar-refractivity contribution in [2.24, 2.45) is 0 Å². The highest BCUT2D eigenvalue weighted by Crippen LogP contribution is 2.32. The molecule has 0 atom stereocenters. The Morgan fingerprint density at radius 2 is 1.70 bits per heavy atom. The van der Waals surface area contributed by atoms with E-state index in [1.54, 1.807) is 24.3 Å². The first-order valence-electron chi connectivity index (χ1n) is 7.44. The molecular formula is C18H10Cl2F3NO3. The second-order valence-electron chi connectivity index (χ2n) is 5.31. The van der Waals surface area contributed by atoms with Gasteiger partial charge in [-0.1, -0.05) is 23.2 Å². The van der Waals surface area contributed by atoms with Gasteiger partial charge in [0, 0.05) is 16.3 Å². The van der Waals surface area contributed by atoms with E-state index in [0.29, 0.717) is 21.4 Å². The number of carbonyl (C=O) groups is 1. The fraction of sp³-hybridized carbons (Fsp3) is 0.0556. The molecule has 3 rings (SSSR count). The Morgan fingerprint density at radius 3 is 2.33 bits per heavy atom. The molecule has 3 aromatic rings. The molecule has 0 spiro atoms. The number of furan rings is 1. The summed E-state index contributed by atoms with van der Waals surface area (Å²) in [5.74, 6) is -0.587. The van der Waals surface area contributed by atoms with Crippen LogP contribution in [0.2, 0.25) is 10.0 Å². The van der Waals surface area contributed by atoms with Crippen LogP contribution in [0.5, 0.6) is 5.75 Å². The van der Waals surface area contributed by atoms with Gasteiger partial charge in [-0.3, -0.25) is 4.79 Å². The molecule has 9 heteroatoms. The first-order chi connectivity index (χ1) is 12.7. The van der Waals surface area contributed by atoms with Gasteiger partial charge in [-0.25, -0.2) is 0 Å². The van der Waals surface area contributed by atoms with Gasteiger partial charge < -0.3 is 14.5 Å². The lowest BCUT2D eigenvalue weighted by Crippen LogP contribution is -2.17. The molecule has 27 heavy (non-hydrogen) atoms. The van der Waals surface area contributed by atoms with Crippen molar-refractivity contribution >= 4 is 34.8 Å². The molecule has 0 aliphatic rings. The van der Waals surface area contributed by atoms with Crippen molar-refractivity contribution in [3.05, 3.63) is 70.4 Å². The van der Waals surface area contributed by atoms with Crippen molar-refractivity contribution < 1.29 is 27.1 Å². The Labute approximate surface area is 161 Å². The quantitative estimate of drug-likeness (QED) is 0.535. The van der Waals surface area contributed by atoms with Gasteiger partial charge in [-0.2, -0.15) is 0 Å². The maximum Gasteiger partial charge on any atom is 0.573 e. The van der Waals surface area contributed by atoms with Gasteiger partial charge in [-0.05, 0) is 54.6 Å². The van der Waals surface area contributed by atoms with E-state index < -0.39 is 18.0 Å². The number of benzene rings is 2. The topological polar surface area (TPSA) is 51.5 Å². The summed E-state index contributed by atoms with van der Waals surface area (Å²) in [6.07, 6.45) is -4.78. The number of hydrogen-bond acceptors (Lipinski definition) is 3. The van der Waals surface area contributed by atoms with Gasteiger partial charge in [0.15, 0.2) is 5.76 Å². The molecule has 0 unspecified atom stereocenters. The van der Waals surface area contributed by atoms with Gasteiger partial charge in [0.25, 0.3) is 5.91 Å². The van der Waals surface area contributed by atoms with Crippen LogP contribution >= 0.6 is 23.2 Å². The zero-order chi connectivity index (χ0) is 19.6. The van der Waals surface area contributed by atoms with Crippen LogP contribution in [-0.4, -0.2) is 12.3 Å². The monoisotopic (exact) mass is 415 g/mol. The minimum absolute atomic E-state index is 0.00614. The molecule has 1 N–H and O–H groups in total. The summed E-state index contributed by atoms with van der Waals surface area (Å²) in [5, 5.41) is 3.34. The zero-order valence-electron chi connectivity index (χ0n) is 13.3. The van der Waals surface area contributed by atoms with E-state index in [-0.39, 0.29) is 11.4 Å². The normalized spacial score (nSPS) is 11.3. The van der Waals surface area contributed by atoms with Crippen molar-refractivity contribution in [1.29, 1.82) is 0 Å². The van der Waals surface area contributed by atoms with Crippen LogP contribution in [0, 0.1) is 0 Å². The number of hydrogen-bond donors (Lipinski definition) is 1. The van der Waals surface area contributed by atoms with Crippen LogP contribution in [0.4, 0.5) is 18.9 Å². The van der Waals surface area contributed by atoms with E-state index in [4.69, 9.17) is 27.6 Å². The van der Waals surface area contributed by atoms with E-state index >= 15 is 0 Å². The SMILES string of the molecule is O=C(Nc1ccc(OC(F)(F)F)cc1)c1ccc(-c2ccc(Cl)cc2Cl)o1. The second kappa shape index (κ2) is 7.54. The van der Waals surface area contributed by atoms with Crippen molar-refractivity contribution in [3.8, 4) is 17.1 Å². The molecule has 0 aliphatic heterocycles. The van der Waals surface area contributed by atoms with Crippen LogP contribution in [-0.2, 0) is 0 Å². The summed E-state index contributed by atoms with van der Waals surface area (Å²) in [5.41, 5.74) is 0.839. The molecule has 1 amide bonds. The third kappa shape index (κ3) is 4.96. The van der Waals surface area contributed by atoms with E-state index in [1.807, 2.05) is 0 Å². The Balaban J connectivity index is 1.71. The van der Waals surface area contributed by atoms with Crippen molar-refractivity contribution in [2.45, 2.75) is 6.36 Å². The molecule has 0 radical (unpaired) electrons. The maximum atomic E-state index is 12.2. The molecule has 0 bridgehead atoms. The van der Waals surface area contributed by atoms with Crippen LogP contribution in [0.3, 0.4) is 0 Å². The Bertz CT molecular complexity index is 969. The van der Waals surface area contributed by atoms with E-state index in [1.165, 1.54) is 18.2 Å². The molecule has 1 heterocycles. The predicted octanol–water partition coefficient (Wildman–Crippen LogP) is 6.40. The van der Waals surface area contributed by atoms with Gasteiger partial charge >= 0.3 is 6.36 Å². The lowest BCUT2D eigenvalue weighted by Gasteiger charge is -2.09. The molecule has 0 fully saturated rings. The second-order valence-corrected chi connectivity index (χ2v) is 6.16. The summed E-state index contributed by atoms with van der Waals surface area (Å²) in [6, 6.07) is 12.6. The van der Waals surface area contributed by atoms with Crippen LogP contribution in [0.15, 0.2) is 59.0 Å². The van der Waals surface area contributed by atoms with Crippen LogP contribution < -0.4 is 10.1 Å². The van der Waals surface area contributed by atoms with Gasteiger partial charge in [0.2, 0.25) is 0 Å². The Kier molecular flexibility index (Phi) is 5.34. The number of rotatable bonds is 4. The molecule has 0 aliphatic carbocycles. The molecule has 0 saturated carbocycles. The lowest BCUT2D eigenvalue weighted by atomic mass is 10.2. The highest BCUT2D eigenvalue weighted by atomic mass is 35.5. The minimum atomic E-state index is -4.78. The minimum Gasteiger partial charge on any atom is -0.451 e. The number of halogens is 5. The van der Waals surface area contributed by atoms with Gasteiger partial charge in [-0.15, -0.1) is 13.2 Å². The molecule has 2 aromatic carbocycles. The fourth-order valence-corrected chi connectivity index (χ4v) is 2.73. The van der Waals surface area contributed by atoms with E-state index in [2.05, 4.69) is 10.1 Å². The van der Waals surface area contributed by atoms with Crippen molar-refractivity contribution in [2.75, 3.05) is 5.32 Å². The maximum absolute atomic E-state index is 12.2. The number of amides is 1. The Hall–Kier alpha value is -2.64. The molecular weight excluding hydrogens is 406 g/mol. The van der Waals surface area contributed by atoms with Crippen molar-refractivity contribution in [3.63, 3.8) is 0 Å². The summed E-state index contributed by atoms with van der Waals surface area (Å²) in [6.45, 7) is 0. The number of carbonyl (C=O) groups excluding carboxylic acids is 1. The average molecular weight is 416 g/mol.